The van der Waals surface area contributed by atoms with Gasteiger partial charge in [0.1, 0.15) is 12.7 Å². The van der Waals surface area contributed by atoms with Crippen LogP contribution in [0, 0.1) is 11.3 Å². The summed E-state index contributed by atoms with van der Waals surface area (Å²) in [4.78, 5) is 0. The van der Waals surface area contributed by atoms with E-state index < -0.39 is 6.10 Å². The first-order valence-corrected chi connectivity index (χ1v) is 7.29. The van der Waals surface area contributed by atoms with Crippen molar-refractivity contribution in [3.63, 3.8) is 0 Å². The number of aliphatic hydroxyl groups is 1. The van der Waals surface area contributed by atoms with E-state index in [0.717, 1.165) is 5.56 Å². The van der Waals surface area contributed by atoms with Crippen molar-refractivity contribution in [3.05, 3.63) is 65.2 Å². The van der Waals surface area contributed by atoms with Crippen LogP contribution in [-0.2, 0) is 0 Å². The number of benzene rings is 2. The molecule has 0 fully saturated rings. The maximum Gasteiger partial charge on any atom is 0.161 e. The molecule has 0 saturated carbocycles. The van der Waals surface area contributed by atoms with Crippen molar-refractivity contribution in [3.8, 4) is 17.6 Å². The van der Waals surface area contributed by atoms with E-state index in [1.54, 1.807) is 31.4 Å². The molecule has 2 rings (SSSR count). The molecule has 0 radical (unpaired) electrons. The van der Waals surface area contributed by atoms with Crippen molar-refractivity contribution >= 4 is 6.08 Å². The van der Waals surface area contributed by atoms with Crippen LogP contribution in [0.1, 0.15) is 29.7 Å². The minimum Gasteiger partial charge on any atom is -0.493 e. The summed E-state index contributed by atoms with van der Waals surface area (Å²) in [6.45, 7) is 2.05. The van der Waals surface area contributed by atoms with Crippen molar-refractivity contribution < 1.29 is 14.6 Å². The Morgan fingerprint density at radius 3 is 2.52 bits per heavy atom. The first kappa shape index (κ1) is 16.6. The van der Waals surface area contributed by atoms with Crippen molar-refractivity contribution in [2.45, 2.75) is 13.0 Å². The Balaban J connectivity index is 2.05. The fraction of sp³-hybridized carbons (Fsp3) is 0.211. The number of nitriles is 1. The summed E-state index contributed by atoms with van der Waals surface area (Å²) in [5.74, 6) is 1.20. The first-order valence-electron chi connectivity index (χ1n) is 7.29. The molecule has 118 valence electrons. The van der Waals surface area contributed by atoms with Crippen molar-refractivity contribution in [1.29, 1.82) is 5.26 Å². The monoisotopic (exact) mass is 309 g/mol. The van der Waals surface area contributed by atoms with Crippen LogP contribution < -0.4 is 9.47 Å². The van der Waals surface area contributed by atoms with Gasteiger partial charge < -0.3 is 14.6 Å². The van der Waals surface area contributed by atoms with Crippen LogP contribution >= 0.6 is 0 Å². The van der Waals surface area contributed by atoms with E-state index in [-0.39, 0.29) is 6.61 Å². The normalized spacial score (nSPS) is 11.9. The lowest BCUT2D eigenvalue weighted by molar-refractivity contribution is 0.106. The van der Waals surface area contributed by atoms with Crippen LogP contribution in [0.4, 0.5) is 0 Å². The van der Waals surface area contributed by atoms with E-state index in [9.17, 15) is 5.11 Å². The molecule has 2 aromatic carbocycles. The molecule has 0 aromatic heterocycles. The molecule has 1 unspecified atom stereocenters. The van der Waals surface area contributed by atoms with E-state index in [2.05, 4.69) is 0 Å². The Morgan fingerprint density at radius 1 is 1.17 bits per heavy atom. The number of nitrogens with zero attached hydrogens (tertiary/aromatic N) is 1. The van der Waals surface area contributed by atoms with Gasteiger partial charge in [-0.3, -0.25) is 0 Å². The average molecular weight is 309 g/mol. The summed E-state index contributed by atoms with van der Waals surface area (Å²) in [6, 6.07) is 14.5. The van der Waals surface area contributed by atoms with Crippen molar-refractivity contribution in [1.82, 2.24) is 0 Å². The maximum atomic E-state index is 10.2. The third kappa shape index (κ3) is 4.35. The van der Waals surface area contributed by atoms with Crippen LogP contribution in [0.3, 0.4) is 0 Å². The molecule has 0 spiro atoms. The summed E-state index contributed by atoms with van der Waals surface area (Å²) < 4.78 is 11.0. The van der Waals surface area contributed by atoms with Crippen LogP contribution in [0.15, 0.2) is 48.5 Å². The second kappa shape index (κ2) is 8.02. The van der Waals surface area contributed by atoms with Gasteiger partial charge in [0.2, 0.25) is 0 Å². The smallest absolute Gasteiger partial charge is 0.161 e. The molecule has 4 heteroatoms. The Bertz CT molecular complexity index is 714. The second-order valence-electron chi connectivity index (χ2n) is 4.97. The molecule has 0 aliphatic carbocycles. The molecule has 0 heterocycles. The van der Waals surface area contributed by atoms with Crippen LogP contribution in [0.25, 0.3) is 6.08 Å². The molecule has 0 amide bonds. The minimum absolute atomic E-state index is 0.102. The first-order chi connectivity index (χ1) is 11.2. The zero-order valence-corrected chi connectivity index (χ0v) is 13.2. The van der Waals surface area contributed by atoms with Gasteiger partial charge in [-0.05, 0) is 42.3 Å². The molecule has 1 atom stereocenters. The number of ether oxygens (including phenoxy) is 2. The van der Waals surface area contributed by atoms with E-state index in [1.165, 1.54) is 0 Å². The molecule has 23 heavy (non-hydrogen) atoms. The molecule has 0 aliphatic rings. The summed E-state index contributed by atoms with van der Waals surface area (Å²) in [6.07, 6.45) is 3.14. The molecular weight excluding hydrogens is 290 g/mol. The predicted molar refractivity (Wildman–Crippen MR) is 89.3 cm³/mol. The van der Waals surface area contributed by atoms with Crippen LogP contribution in [0.2, 0.25) is 0 Å². The third-order valence-electron chi connectivity index (χ3n) is 3.37. The molecule has 0 bridgehead atoms. The highest BCUT2D eigenvalue weighted by Crippen LogP contribution is 2.29. The third-order valence-corrected chi connectivity index (χ3v) is 3.37. The SMILES string of the molecule is C/C=C/c1ccc(OCC(O)c2ccc(C#N)cc2)c(OC)c1. The number of rotatable bonds is 6. The number of hydrogen-bond donors (Lipinski definition) is 1. The van der Waals surface area contributed by atoms with E-state index in [4.69, 9.17) is 14.7 Å². The predicted octanol–water partition coefficient (Wildman–Crippen LogP) is 3.71. The van der Waals surface area contributed by atoms with Gasteiger partial charge in [-0.1, -0.05) is 30.4 Å². The highest BCUT2D eigenvalue weighted by Gasteiger charge is 2.11. The van der Waals surface area contributed by atoms with Gasteiger partial charge in [0.25, 0.3) is 0 Å². The highest BCUT2D eigenvalue weighted by molar-refractivity contribution is 5.55. The second-order valence-corrected chi connectivity index (χ2v) is 4.97. The van der Waals surface area contributed by atoms with Gasteiger partial charge in [-0.2, -0.15) is 5.26 Å². The van der Waals surface area contributed by atoms with Gasteiger partial charge in [0, 0.05) is 0 Å². The fourth-order valence-electron chi connectivity index (χ4n) is 2.14. The number of hydrogen-bond acceptors (Lipinski definition) is 4. The summed E-state index contributed by atoms with van der Waals surface area (Å²) >= 11 is 0. The largest absolute Gasteiger partial charge is 0.493 e. The van der Waals surface area contributed by atoms with Crippen molar-refractivity contribution in [2.75, 3.05) is 13.7 Å². The standard InChI is InChI=1S/C19H19NO3/c1-3-4-14-7-10-18(19(11-14)22-2)23-13-17(21)16-8-5-15(12-20)6-9-16/h3-11,17,21H,13H2,1-2H3/b4-3+. The Hall–Kier alpha value is -2.77. The number of allylic oxidation sites excluding steroid dienone is 1. The Kier molecular flexibility index (Phi) is 5.79. The van der Waals surface area contributed by atoms with Gasteiger partial charge in [0.05, 0.1) is 18.7 Å². The zero-order valence-electron chi connectivity index (χ0n) is 13.2. The van der Waals surface area contributed by atoms with E-state index in [1.807, 2.05) is 43.3 Å². The molecule has 0 aliphatic heterocycles. The van der Waals surface area contributed by atoms with E-state index in [0.29, 0.717) is 22.6 Å². The summed E-state index contributed by atoms with van der Waals surface area (Å²) in [5, 5.41) is 19.0. The topological polar surface area (TPSA) is 62.5 Å². The Labute approximate surface area is 136 Å². The molecule has 2 aromatic rings. The molecule has 0 saturated heterocycles. The molecular formula is C19H19NO3. The van der Waals surface area contributed by atoms with Gasteiger partial charge in [-0.25, -0.2) is 0 Å². The fourth-order valence-corrected chi connectivity index (χ4v) is 2.14. The lowest BCUT2D eigenvalue weighted by Gasteiger charge is -2.15. The maximum absolute atomic E-state index is 10.2. The van der Waals surface area contributed by atoms with Crippen LogP contribution in [-0.4, -0.2) is 18.8 Å². The zero-order chi connectivity index (χ0) is 16.7. The molecule has 4 nitrogen and oxygen atoms in total. The van der Waals surface area contributed by atoms with Gasteiger partial charge >= 0.3 is 0 Å². The van der Waals surface area contributed by atoms with Crippen molar-refractivity contribution in [2.24, 2.45) is 0 Å². The highest BCUT2D eigenvalue weighted by atomic mass is 16.5. The molecule has 1 N–H and O–H groups in total. The number of methoxy groups -OCH3 is 1. The Morgan fingerprint density at radius 2 is 1.91 bits per heavy atom. The quantitative estimate of drug-likeness (QED) is 0.883. The summed E-state index contributed by atoms with van der Waals surface area (Å²) in [5.41, 5.74) is 2.28. The lowest BCUT2D eigenvalue weighted by atomic mass is 10.1. The van der Waals surface area contributed by atoms with Gasteiger partial charge in [0.15, 0.2) is 11.5 Å². The lowest BCUT2D eigenvalue weighted by Crippen LogP contribution is -2.10. The summed E-state index contributed by atoms with van der Waals surface area (Å²) in [7, 11) is 1.58. The van der Waals surface area contributed by atoms with Crippen LogP contribution in [0.5, 0.6) is 11.5 Å². The van der Waals surface area contributed by atoms with E-state index >= 15 is 0 Å². The minimum atomic E-state index is -0.775. The average Bonchev–Trinajstić information content (AvgIpc) is 2.60. The number of aliphatic hydroxyl groups excluding tert-OH is 1. The van der Waals surface area contributed by atoms with Gasteiger partial charge in [-0.15, -0.1) is 0 Å².